The van der Waals surface area contributed by atoms with Crippen molar-refractivity contribution in [3.63, 3.8) is 0 Å². The van der Waals surface area contributed by atoms with Gasteiger partial charge in [0.1, 0.15) is 0 Å². The lowest BCUT2D eigenvalue weighted by Crippen LogP contribution is -2.14. The van der Waals surface area contributed by atoms with Crippen LogP contribution in [0.1, 0.15) is 0 Å². The average molecular weight is 160 g/mol. The lowest BCUT2D eigenvalue weighted by atomic mass is 9.92. The molecule has 2 aliphatic rings. The summed E-state index contributed by atoms with van der Waals surface area (Å²) in [5, 5.41) is 0. The summed E-state index contributed by atoms with van der Waals surface area (Å²) in [5.74, 6) is -0.104. The van der Waals surface area contributed by atoms with Gasteiger partial charge in [-0.05, 0) is 17.7 Å². The highest BCUT2D eigenvalue weighted by molar-refractivity contribution is 5.99. The molecule has 1 atom stereocenters. The second-order valence-corrected chi connectivity index (χ2v) is 2.79. The van der Waals surface area contributed by atoms with Crippen LogP contribution in [0.3, 0.4) is 0 Å². The third-order valence-corrected chi connectivity index (χ3v) is 1.88. The van der Waals surface area contributed by atoms with E-state index >= 15 is 0 Å². The number of nitrogens with two attached hydrogens (primary N) is 1. The summed E-state index contributed by atoms with van der Waals surface area (Å²) in [4.78, 5) is 14.5. The molecule has 0 radical (unpaired) electrons. The SMILES string of the molecule is NC1=CC2C=NC(=O)C=C2C=C1. The number of aliphatic imine (C=N–C) groups is 1. The summed E-state index contributed by atoms with van der Waals surface area (Å²) >= 11 is 0. The minimum Gasteiger partial charge on any atom is -0.399 e. The lowest BCUT2D eigenvalue weighted by Gasteiger charge is -2.16. The molecular weight excluding hydrogens is 152 g/mol. The molecule has 1 heterocycles. The fraction of sp³-hybridized carbons (Fsp3) is 0.111. The van der Waals surface area contributed by atoms with Gasteiger partial charge in [-0.25, -0.2) is 4.99 Å². The zero-order valence-electron chi connectivity index (χ0n) is 6.40. The molecule has 2 rings (SSSR count). The Morgan fingerprint density at radius 2 is 2.25 bits per heavy atom. The Kier molecular flexibility index (Phi) is 1.43. The van der Waals surface area contributed by atoms with Crippen molar-refractivity contribution in [3.8, 4) is 0 Å². The molecule has 0 aromatic heterocycles. The third kappa shape index (κ3) is 1.09. The van der Waals surface area contributed by atoms with Crippen LogP contribution in [0.15, 0.2) is 40.6 Å². The molecule has 2 N–H and O–H groups in total. The second kappa shape index (κ2) is 2.44. The molecule has 60 valence electrons. The number of carbonyl (C=O) groups is 1. The molecule has 3 heteroatoms. The van der Waals surface area contributed by atoms with E-state index in [1.54, 1.807) is 12.3 Å². The molecule has 1 aliphatic heterocycles. The van der Waals surface area contributed by atoms with Gasteiger partial charge in [-0.3, -0.25) is 4.79 Å². The molecule has 12 heavy (non-hydrogen) atoms. The van der Waals surface area contributed by atoms with Crippen molar-refractivity contribution in [2.75, 3.05) is 0 Å². The van der Waals surface area contributed by atoms with Crippen LogP contribution in [-0.2, 0) is 4.79 Å². The summed E-state index contributed by atoms with van der Waals surface area (Å²) < 4.78 is 0. The van der Waals surface area contributed by atoms with Crippen molar-refractivity contribution in [3.05, 3.63) is 35.6 Å². The number of fused-ring (bicyclic) bond motifs is 1. The van der Waals surface area contributed by atoms with E-state index in [4.69, 9.17) is 5.73 Å². The highest BCUT2D eigenvalue weighted by Gasteiger charge is 2.16. The highest BCUT2D eigenvalue weighted by atomic mass is 16.1. The zero-order valence-corrected chi connectivity index (χ0v) is 6.40. The Morgan fingerprint density at radius 3 is 3.08 bits per heavy atom. The van der Waals surface area contributed by atoms with Crippen LogP contribution in [-0.4, -0.2) is 12.1 Å². The summed E-state index contributed by atoms with van der Waals surface area (Å²) in [6.45, 7) is 0. The standard InChI is InChI=1S/C9H8N2O/c10-8-2-1-6-4-9(12)11-5-7(6)3-8/h1-5,7H,10H2. The Labute approximate surface area is 70.0 Å². The van der Waals surface area contributed by atoms with Gasteiger partial charge in [-0.2, -0.15) is 0 Å². The monoisotopic (exact) mass is 160 g/mol. The number of dihydropyridines is 1. The van der Waals surface area contributed by atoms with Crippen LogP contribution in [0.4, 0.5) is 0 Å². The topological polar surface area (TPSA) is 55.4 Å². The van der Waals surface area contributed by atoms with Crippen LogP contribution in [0.2, 0.25) is 0 Å². The first-order valence-corrected chi connectivity index (χ1v) is 3.71. The first-order chi connectivity index (χ1) is 5.75. The maximum atomic E-state index is 10.8. The van der Waals surface area contributed by atoms with Gasteiger partial charge in [0, 0.05) is 23.9 Å². The zero-order chi connectivity index (χ0) is 8.55. The van der Waals surface area contributed by atoms with Crippen molar-refractivity contribution >= 4 is 12.1 Å². The number of allylic oxidation sites excluding steroid dienone is 4. The number of rotatable bonds is 0. The van der Waals surface area contributed by atoms with E-state index in [2.05, 4.69) is 4.99 Å². The predicted octanol–water partition coefficient (Wildman–Crippen LogP) is 0.552. The van der Waals surface area contributed by atoms with Crippen molar-refractivity contribution < 1.29 is 4.79 Å². The normalized spacial score (nSPS) is 26.3. The van der Waals surface area contributed by atoms with E-state index in [0.29, 0.717) is 0 Å². The molecule has 0 bridgehead atoms. The highest BCUT2D eigenvalue weighted by Crippen LogP contribution is 2.21. The van der Waals surface area contributed by atoms with E-state index in [9.17, 15) is 4.79 Å². The van der Waals surface area contributed by atoms with Crippen molar-refractivity contribution in [2.24, 2.45) is 16.6 Å². The minimum absolute atomic E-state index is 0.0905. The van der Waals surface area contributed by atoms with E-state index in [1.807, 2.05) is 12.2 Å². The Morgan fingerprint density at radius 1 is 1.42 bits per heavy atom. The van der Waals surface area contributed by atoms with Crippen molar-refractivity contribution in [1.82, 2.24) is 0 Å². The number of nitrogens with zero attached hydrogens (tertiary/aromatic N) is 1. The molecule has 0 fully saturated rings. The fourth-order valence-electron chi connectivity index (χ4n) is 1.27. The van der Waals surface area contributed by atoms with Gasteiger partial charge >= 0.3 is 0 Å². The average Bonchev–Trinajstić information content (AvgIpc) is 2.05. The smallest absolute Gasteiger partial charge is 0.269 e. The number of hydrogen-bond donors (Lipinski definition) is 1. The first kappa shape index (κ1) is 7.03. The van der Waals surface area contributed by atoms with Gasteiger partial charge in [0.25, 0.3) is 5.91 Å². The van der Waals surface area contributed by atoms with Crippen LogP contribution < -0.4 is 5.73 Å². The molecule has 0 spiro atoms. The van der Waals surface area contributed by atoms with Crippen LogP contribution >= 0.6 is 0 Å². The number of amides is 1. The van der Waals surface area contributed by atoms with Crippen LogP contribution in [0.5, 0.6) is 0 Å². The Bertz CT molecular complexity index is 348. The number of carbonyl (C=O) groups excluding carboxylic acids is 1. The van der Waals surface area contributed by atoms with Gasteiger partial charge in [0.05, 0.1) is 0 Å². The molecule has 0 aromatic carbocycles. The van der Waals surface area contributed by atoms with E-state index in [-0.39, 0.29) is 11.8 Å². The number of hydrogen-bond acceptors (Lipinski definition) is 2. The molecule has 0 saturated carbocycles. The molecule has 0 aromatic rings. The quantitative estimate of drug-likeness (QED) is 0.562. The van der Waals surface area contributed by atoms with Gasteiger partial charge < -0.3 is 5.73 Å². The molecule has 3 nitrogen and oxygen atoms in total. The van der Waals surface area contributed by atoms with E-state index < -0.39 is 0 Å². The minimum atomic E-state index is -0.195. The predicted molar refractivity (Wildman–Crippen MR) is 46.5 cm³/mol. The molecule has 1 aliphatic carbocycles. The van der Waals surface area contributed by atoms with Crippen LogP contribution in [0, 0.1) is 5.92 Å². The lowest BCUT2D eigenvalue weighted by molar-refractivity contribution is -0.113. The molecular formula is C9H8N2O. The molecule has 0 saturated heterocycles. The first-order valence-electron chi connectivity index (χ1n) is 3.71. The maximum absolute atomic E-state index is 10.8. The third-order valence-electron chi connectivity index (χ3n) is 1.88. The Balaban J connectivity index is 2.38. The van der Waals surface area contributed by atoms with Crippen LogP contribution in [0.25, 0.3) is 0 Å². The molecule has 1 amide bonds. The van der Waals surface area contributed by atoms with E-state index in [1.165, 1.54) is 6.08 Å². The van der Waals surface area contributed by atoms with Crippen molar-refractivity contribution in [1.29, 1.82) is 0 Å². The molecule has 1 unspecified atom stereocenters. The summed E-state index contributed by atoms with van der Waals surface area (Å²) in [6.07, 6.45) is 8.66. The Hall–Kier alpha value is -1.64. The summed E-state index contributed by atoms with van der Waals surface area (Å²) in [7, 11) is 0. The van der Waals surface area contributed by atoms with Gasteiger partial charge in [0.2, 0.25) is 0 Å². The van der Waals surface area contributed by atoms with Gasteiger partial charge in [0.15, 0.2) is 0 Å². The van der Waals surface area contributed by atoms with Crippen molar-refractivity contribution in [2.45, 2.75) is 0 Å². The second-order valence-electron chi connectivity index (χ2n) is 2.79. The van der Waals surface area contributed by atoms with Gasteiger partial charge in [-0.15, -0.1) is 0 Å². The summed E-state index contributed by atoms with van der Waals surface area (Å²) in [6, 6.07) is 0. The summed E-state index contributed by atoms with van der Waals surface area (Å²) in [5.41, 5.74) is 7.26. The maximum Gasteiger partial charge on any atom is 0.269 e. The fourth-order valence-corrected chi connectivity index (χ4v) is 1.27. The van der Waals surface area contributed by atoms with E-state index in [0.717, 1.165) is 11.3 Å². The largest absolute Gasteiger partial charge is 0.399 e. The van der Waals surface area contributed by atoms with Gasteiger partial charge in [-0.1, -0.05) is 6.08 Å².